The van der Waals surface area contributed by atoms with Gasteiger partial charge in [0.15, 0.2) is 0 Å². The Balaban J connectivity index is 1.55. The van der Waals surface area contributed by atoms with Crippen molar-refractivity contribution in [3.8, 4) is 5.75 Å². The lowest BCUT2D eigenvalue weighted by Crippen LogP contribution is -2.42. The van der Waals surface area contributed by atoms with Crippen molar-refractivity contribution in [3.05, 3.63) is 54.0 Å². The molecule has 2 unspecified atom stereocenters. The van der Waals surface area contributed by atoms with E-state index in [1.807, 2.05) is 41.3 Å². The Bertz CT molecular complexity index is 753. The lowest BCUT2D eigenvalue weighted by atomic mass is 9.87. The molecular weight excluding hydrogens is 332 g/mol. The molecule has 6 nitrogen and oxygen atoms in total. The largest absolute Gasteiger partial charge is 0.496 e. The van der Waals surface area contributed by atoms with E-state index >= 15 is 0 Å². The lowest BCUT2D eigenvalue weighted by molar-refractivity contribution is 0.152. The molecule has 2 atom stereocenters. The molecule has 26 heavy (non-hydrogen) atoms. The minimum Gasteiger partial charge on any atom is -0.496 e. The zero-order chi connectivity index (χ0) is 18.0. The third kappa shape index (κ3) is 3.17. The van der Waals surface area contributed by atoms with Gasteiger partial charge in [0.25, 0.3) is 0 Å². The van der Waals surface area contributed by atoms with Gasteiger partial charge in [-0.2, -0.15) is 0 Å². The molecule has 6 heteroatoms. The average molecular weight is 356 g/mol. The number of hydrogen-bond acceptors (Lipinski definition) is 4. The molecule has 0 bridgehead atoms. The monoisotopic (exact) mass is 356 g/mol. The fraction of sp³-hybridized carbons (Fsp3) is 0.450. The summed E-state index contributed by atoms with van der Waals surface area (Å²) in [4.78, 5) is 14.8. The quantitative estimate of drug-likeness (QED) is 0.914. The van der Waals surface area contributed by atoms with Crippen molar-refractivity contribution >= 4 is 6.03 Å². The van der Waals surface area contributed by atoms with Crippen LogP contribution in [0.3, 0.4) is 0 Å². The van der Waals surface area contributed by atoms with E-state index in [-0.39, 0.29) is 11.4 Å². The summed E-state index contributed by atoms with van der Waals surface area (Å²) in [5, 5.41) is 3.13. The van der Waals surface area contributed by atoms with E-state index in [2.05, 4.69) is 5.32 Å². The number of nitrogens with one attached hydrogen (secondary N) is 1. The number of benzene rings is 1. The van der Waals surface area contributed by atoms with E-state index in [1.165, 1.54) is 0 Å². The number of ether oxygens (including phenoxy) is 2. The van der Waals surface area contributed by atoms with Crippen LogP contribution in [-0.4, -0.2) is 44.3 Å². The van der Waals surface area contributed by atoms with Crippen molar-refractivity contribution in [2.24, 2.45) is 5.41 Å². The summed E-state index contributed by atoms with van der Waals surface area (Å²) in [7, 11) is 1.63. The van der Waals surface area contributed by atoms with Gasteiger partial charge in [-0.25, -0.2) is 4.79 Å². The predicted octanol–water partition coefficient (Wildman–Crippen LogP) is 3.20. The van der Waals surface area contributed by atoms with Crippen LogP contribution < -0.4 is 10.1 Å². The summed E-state index contributed by atoms with van der Waals surface area (Å²) in [6, 6.07) is 10.9. The van der Waals surface area contributed by atoms with Gasteiger partial charge in [0.05, 0.1) is 20.0 Å². The minimum atomic E-state index is -0.398. The Kier molecular flexibility index (Phi) is 4.59. The third-order valence-corrected chi connectivity index (χ3v) is 5.46. The zero-order valence-corrected chi connectivity index (χ0v) is 14.9. The molecule has 3 heterocycles. The van der Waals surface area contributed by atoms with Gasteiger partial charge in [0, 0.05) is 30.7 Å². The Hall–Kier alpha value is -2.47. The van der Waals surface area contributed by atoms with E-state index < -0.39 is 6.04 Å². The van der Waals surface area contributed by atoms with Crippen molar-refractivity contribution in [3.63, 3.8) is 0 Å². The van der Waals surface area contributed by atoms with E-state index in [4.69, 9.17) is 13.9 Å². The maximum Gasteiger partial charge on any atom is 0.318 e. The van der Waals surface area contributed by atoms with Crippen molar-refractivity contribution in [1.82, 2.24) is 10.2 Å². The first-order valence-electron chi connectivity index (χ1n) is 9.00. The SMILES string of the molecule is COc1ccccc1C(NC(=O)N1CCC2(CCOC2)C1)c1ccco1. The molecular formula is C20H24N2O4. The van der Waals surface area contributed by atoms with Crippen molar-refractivity contribution in [2.75, 3.05) is 33.4 Å². The highest BCUT2D eigenvalue weighted by Gasteiger charge is 2.43. The second-order valence-corrected chi connectivity index (χ2v) is 7.11. The van der Waals surface area contributed by atoms with Crippen LogP contribution in [0.5, 0.6) is 5.75 Å². The Morgan fingerprint density at radius 3 is 2.88 bits per heavy atom. The summed E-state index contributed by atoms with van der Waals surface area (Å²) in [6.45, 7) is 3.05. The molecule has 1 spiro atoms. The number of nitrogens with zero attached hydrogens (tertiary/aromatic N) is 1. The summed E-state index contributed by atoms with van der Waals surface area (Å²) >= 11 is 0. The van der Waals surface area contributed by atoms with Crippen LogP contribution in [0.25, 0.3) is 0 Å². The van der Waals surface area contributed by atoms with Gasteiger partial charge in [0.2, 0.25) is 0 Å². The number of carbonyl (C=O) groups excluding carboxylic acids is 1. The summed E-state index contributed by atoms with van der Waals surface area (Å²) in [5.74, 6) is 1.40. The zero-order valence-electron chi connectivity index (χ0n) is 14.9. The van der Waals surface area contributed by atoms with Crippen molar-refractivity contribution < 1.29 is 18.7 Å². The number of rotatable bonds is 4. The maximum atomic E-state index is 13.0. The number of methoxy groups -OCH3 is 1. The first kappa shape index (κ1) is 17.0. The molecule has 2 saturated heterocycles. The molecule has 0 aliphatic carbocycles. The van der Waals surface area contributed by atoms with Crippen LogP contribution in [0, 0.1) is 5.41 Å². The van der Waals surface area contributed by atoms with Crippen LogP contribution >= 0.6 is 0 Å². The highest BCUT2D eigenvalue weighted by atomic mass is 16.5. The molecule has 1 aromatic carbocycles. The van der Waals surface area contributed by atoms with Gasteiger partial charge in [0.1, 0.15) is 17.6 Å². The van der Waals surface area contributed by atoms with Crippen molar-refractivity contribution in [1.29, 1.82) is 0 Å². The van der Waals surface area contributed by atoms with E-state index in [0.29, 0.717) is 5.76 Å². The lowest BCUT2D eigenvalue weighted by Gasteiger charge is -2.25. The number of furan rings is 1. The van der Waals surface area contributed by atoms with Crippen molar-refractivity contribution in [2.45, 2.75) is 18.9 Å². The number of para-hydroxylation sites is 1. The molecule has 2 aliphatic rings. The molecule has 0 saturated carbocycles. The van der Waals surface area contributed by atoms with Crippen LogP contribution in [-0.2, 0) is 4.74 Å². The number of hydrogen-bond donors (Lipinski definition) is 1. The van der Waals surface area contributed by atoms with Gasteiger partial charge in [-0.05, 0) is 31.0 Å². The Morgan fingerprint density at radius 2 is 2.15 bits per heavy atom. The van der Waals surface area contributed by atoms with Gasteiger partial charge < -0.3 is 24.1 Å². The third-order valence-electron chi connectivity index (χ3n) is 5.46. The fourth-order valence-corrected chi connectivity index (χ4v) is 3.96. The first-order chi connectivity index (χ1) is 12.7. The van der Waals surface area contributed by atoms with Gasteiger partial charge in [-0.15, -0.1) is 0 Å². The van der Waals surface area contributed by atoms with Crippen LogP contribution in [0.2, 0.25) is 0 Å². The molecule has 2 fully saturated rings. The second kappa shape index (κ2) is 7.03. The van der Waals surface area contributed by atoms with E-state index in [1.54, 1.807) is 13.4 Å². The van der Waals surface area contributed by atoms with Gasteiger partial charge in [-0.3, -0.25) is 0 Å². The van der Waals surface area contributed by atoms with Crippen LogP contribution in [0.15, 0.2) is 47.1 Å². The first-order valence-corrected chi connectivity index (χ1v) is 9.00. The highest BCUT2D eigenvalue weighted by molar-refractivity contribution is 5.76. The molecule has 2 aliphatic heterocycles. The molecule has 1 aromatic heterocycles. The molecule has 4 rings (SSSR count). The number of amides is 2. The molecule has 1 N–H and O–H groups in total. The fourth-order valence-electron chi connectivity index (χ4n) is 3.96. The van der Waals surface area contributed by atoms with Gasteiger partial charge >= 0.3 is 6.03 Å². The molecule has 2 amide bonds. The summed E-state index contributed by atoms with van der Waals surface area (Å²) < 4.78 is 16.6. The van der Waals surface area contributed by atoms with Crippen LogP contribution in [0.4, 0.5) is 4.79 Å². The summed E-state index contributed by atoms with van der Waals surface area (Å²) in [6.07, 6.45) is 3.65. The van der Waals surface area contributed by atoms with E-state index in [0.717, 1.165) is 50.5 Å². The molecule has 138 valence electrons. The highest BCUT2D eigenvalue weighted by Crippen LogP contribution is 2.38. The minimum absolute atomic E-state index is 0.0823. The maximum absolute atomic E-state index is 13.0. The van der Waals surface area contributed by atoms with Crippen LogP contribution in [0.1, 0.15) is 30.2 Å². The predicted molar refractivity (Wildman–Crippen MR) is 96.1 cm³/mol. The topological polar surface area (TPSA) is 63.9 Å². The number of likely N-dealkylation sites (tertiary alicyclic amines) is 1. The Morgan fingerprint density at radius 1 is 1.27 bits per heavy atom. The summed E-state index contributed by atoms with van der Waals surface area (Å²) in [5.41, 5.74) is 1.01. The molecule has 0 radical (unpaired) electrons. The smallest absolute Gasteiger partial charge is 0.318 e. The number of carbonyl (C=O) groups is 1. The van der Waals surface area contributed by atoms with E-state index in [9.17, 15) is 4.79 Å². The number of urea groups is 1. The molecule has 2 aromatic rings. The normalized spacial score (nSPS) is 23.3. The standard InChI is InChI=1S/C20H24N2O4/c1-24-16-6-3-2-5-15(16)18(17-7-4-11-26-17)21-19(23)22-10-8-20(13-22)9-12-25-14-20/h2-7,11,18H,8-10,12-14H2,1H3,(H,21,23). The second-order valence-electron chi connectivity index (χ2n) is 7.11. The van der Waals surface area contributed by atoms with Gasteiger partial charge in [-0.1, -0.05) is 18.2 Å². The Labute approximate surface area is 153 Å². The average Bonchev–Trinajstić information content (AvgIpc) is 3.43.